The summed E-state index contributed by atoms with van der Waals surface area (Å²) in [4.78, 5) is 0.259. The largest absolute Gasteiger partial charge is 0.495 e. The lowest BCUT2D eigenvalue weighted by molar-refractivity contribution is 0.406. The molecule has 1 heterocycles. The minimum absolute atomic E-state index is 0.0693. The van der Waals surface area contributed by atoms with Gasteiger partial charge < -0.3 is 9.47 Å². The van der Waals surface area contributed by atoms with Crippen LogP contribution in [0.5, 0.6) is 5.75 Å². The number of nitrogens with zero attached hydrogens (tertiary/aromatic N) is 1. The summed E-state index contributed by atoms with van der Waals surface area (Å²) in [6.45, 7) is 2.78. The fourth-order valence-electron chi connectivity index (χ4n) is 2.36. The first-order valence-electron chi connectivity index (χ1n) is 7.36. The minimum atomic E-state index is -3.69. The van der Waals surface area contributed by atoms with Crippen molar-refractivity contribution in [1.82, 2.24) is 0 Å². The average molecular weight is 333 g/mol. The van der Waals surface area contributed by atoms with Gasteiger partial charge in [0.2, 0.25) is 0 Å². The zero-order valence-corrected chi connectivity index (χ0v) is 13.9. The van der Waals surface area contributed by atoms with Gasteiger partial charge in [-0.25, -0.2) is 8.42 Å². The number of ether oxygens (including phenoxy) is 2. The number of para-hydroxylation sites is 2. The second-order valence-electron chi connectivity index (χ2n) is 5.48. The zero-order valence-electron chi connectivity index (χ0n) is 13.1. The fourth-order valence-corrected chi connectivity index (χ4v) is 3.86. The van der Waals surface area contributed by atoms with Crippen molar-refractivity contribution in [2.45, 2.75) is 17.9 Å². The zero-order chi connectivity index (χ0) is 16.4. The van der Waals surface area contributed by atoms with Crippen LogP contribution in [0.2, 0.25) is 0 Å². The molecule has 122 valence electrons. The van der Waals surface area contributed by atoms with Crippen molar-refractivity contribution in [3.8, 4) is 5.75 Å². The van der Waals surface area contributed by atoms with E-state index < -0.39 is 10.0 Å². The van der Waals surface area contributed by atoms with Crippen molar-refractivity contribution < 1.29 is 17.9 Å². The monoisotopic (exact) mass is 333 g/mol. The van der Waals surface area contributed by atoms with Crippen LogP contribution in [-0.4, -0.2) is 34.8 Å². The summed E-state index contributed by atoms with van der Waals surface area (Å²) < 4.78 is 38.1. The number of anilines is 1. The van der Waals surface area contributed by atoms with E-state index >= 15 is 0 Å². The number of rotatable bonds is 6. The number of hydrogen-bond acceptors (Lipinski definition) is 4. The number of epoxide rings is 1. The molecule has 3 rings (SSSR count). The van der Waals surface area contributed by atoms with Crippen LogP contribution in [0.4, 0.5) is 5.69 Å². The van der Waals surface area contributed by atoms with E-state index in [-0.39, 0.29) is 17.5 Å². The van der Waals surface area contributed by atoms with Crippen LogP contribution in [0.15, 0.2) is 53.4 Å². The molecule has 5 nitrogen and oxygen atoms in total. The van der Waals surface area contributed by atoms with E-state index in [4.69, 9.17) is 9.47 Å². The summed E-state index contributed by atoms with van der Waals surface area (Å²) >= 11 is 0. The van der Waals surface area contributed by atoms with E-state index in [1.165, 1.54) is 11.4 Å². The van der Waals surface area contributed by atoms with Crippen LogP contribution in [0.25, 0.3) is 0 Å². The van der Waals surface area contributed by atoms with Gasteiger partial charge in [0.25, 0.3) is 10.0 Å². The first-order valence-corrected chi connectivity index (χ1v) is 8.80. The second-order valence-corrected chi connectivity index (χ2v) is 7.34. The van der Waals surface area contributed by atoms with Crippen molar-refractivity contribution in [2.24, 2.45) is 0 Å². The van der Waals surface area contributed by atoms with Crippen molar-refractivity contribution in [1.29, 1.82) is 0 Å². The molecule has 0 bridgehead atoms. The maximum atomic E-state index is 13.1. The van der Waals surface area contributed by atoms with E-state index in [1.54, 1.807) is 42.5 Å². The smallest absolute Gasteiger partial charge is 0.264 e. The summed E-state index contributed by atoms with van der Waals surface area (Å²) in [6, 6.07) is 13.9. The molecule has 1 aliphatic rings. The molecule has 1 saturated heterocycles. The van der Waals surface area contributed by atoms with Crippen LogP contribution in [0, 0.1) is 6.92 Å². The first kappa shape index (κ1) is 15.8. The van der Waals surface area contributed by atoms with Crippen molar-refractivity contribution in [3.63, 3.8) is 0 Å². The topological polar surface area (TPSA) is 59.1 Å². The Hall–Kier alpha value is -2.05. The van der Waals surface area contributed by atoms with Crippen molar-refractivity contribution >= 4 is 15.7 Å². The summed E-state index contributed by atoms with van der Waals surface area (Å²) in [7, 11) is -2.15. The van der Waals surface area contributed by atoms with Crippen LogP contribution in [0.3, 0.4) is 0 Å². The number of aryl methyl sites for hydroxylation is 1. The fraction of sp³-hybridized carbons (Fsp3) is 0.294. The van der Waals surface area contributed by atoms with Gasteiger partial charge in [0.1, 0.15) is 5.75 Å². The molecule has 0 N–H and O–H groups in total. The molecule has 0 amide bonds. The average Bonchev–Trinajstić information content (AvgIpc) is 3.37. The minimum Gasteiger partial charge on any atom is -0.495 e. The third kappa shape index (κ3) is 3.33. The summed E-state index contributed by atoms with van der Waals surface area (Å²) in [5.41, 5.74) is 1.53. The lowest BCUT2D eigenvalue weighted by Crippen LogP contribution is -2.34. The van der Waals surface area contributed by atoms with Crippen LogP contribution in [0.1, 0.15) is 5.56 Å². The number of benzene rings is 2. The lowest BCUT2D eigenvalue weighted by atomic mass is 10.2. The molecule has 1 fully saturated rings. The Morgan fingerprint density at radius 3 is 2.43 bits per heavy atom. The highest BCUT2D eigenvalue weighted by Crippen LogP contribution is 2.33. The number of sulfonamides is 1. The highest BCUT2D eigenvalue weighted by atomic mass is 32.2. The third-order valence-electron chi connectivity index (χ3n) is 3.73. The molecule has 0 aromatic heterocycles. The highest BCUT2D eigenvalue weighted by molar-refractivity contribution is 7.92. The van der Waals surface area contributed by atoms with Crippen molar-refractivity contribution in [2.75, 3.05) is 24.6 Å². The second kappa shape index (κ2) is 6.22. The van der Waals surface area contributed by atoms with E-state index in [9.17, 15) is 8.42 Å². The molecule has 0 radical (unpaired) electrons. The standard InChI is InChI=1S/C17H19NO4S/c1-13-7-9-15(10-8-13)23(19,20)18(11-14-12-22-14)16-5-3-4-6-17(16)21-2/h3-10,14H,11-12H2,1-2H3/t14-/m0/s1. The molecular weight excluding hydrogens is 314 g/mol. The van der Waals surface area contributed by atoms with Gasteiger partial charge in [0.05, 0.1) is 36.9 Å². The van der Waals surface area contributed by atoms with Gasteiger partial charge in [-0.1, -0.05) is 29.8 Å². The molecule has 0 spiro atoms. The van der Waals surface area contributed by atoms with Crippen LogP contribution < -0.4 is 9.04 Å². The molecule has 0 aliphatic carbocycles. The molecule has 0 saturated carbocycles. The summed E-state index contributed by atoms with van der Waals surface area (Å²) in [5, 5.41) is 0. The van der Waals surface area contributed by atoms with Gasteiger partial charge in [-0.3, -0.25) is 4.31 Å². The molecular formula is C17H19NO4S. The van der Waals surface area contributed by atoms with Gasteiger partial charge in [0, 0.05) is 0 Å². The molecule has 1 aliphatic heterocycles. The van der Waals surface area contributed by atoms with E-state index in [0.29, 0.717) is 18.0 Å². The Labute approximate surface area is 136 Å². The Morgan fingerprint density at radius 2 is 1.83 bits per heavy atom. The third-order valence-corrected chi connectivity index (χ3v) is 5.53. The quantitative estimate of drug-likeness (QED) is 0.763. The van der Waals surface area contributed by atoms with Gasteiger partial charge in [-0.05, 0) is 31.2 Å². The molecule has 23 heavy (non-hydrogen) atoms. The molecule has 0 unspecified atom stereocenters. The van der Waals surface area contributed by atoms with E-state index in [2.05, 4.69) is 0 Å². The Morgan fingerprint density at radius 1 is 1.17 bits per heavy atom. The Bertz CT molecular complexity index is 782. The van der Waals surface area contributed by atoms with E-state index in [1.807, 2.05) is 13.0 Å². The number of methoxy groups -OCH3 is 1. The molecule has 1 atom stereocenters. The highest BCUT2D eigenvalue weighted by Gasteiger charge is 2.34. The van der Waals surface area contributed by atoms with Gasteiger partial charge in [-0.15, -0.1) is 0 Å². The summed E-state index contributed by atoms with van der Waals surface area (Å²) in [6.07, 6.45) is -0.0693. The molecule has 6 heteroatoms. The van der Waals surface area contributed by atoms with Gasteiger partial charge in [-0.2, -0.15) is 0 Å². The van der Waals surface area contributed by atoms with Crippen LogP contribution >= 0.6 is 0 Å². The molecule has 2 aromatic carbocycles. The predicted octanol–water partition coefficient (Wildman–Crippen LogP) is 2.60. The van der Waals surface area contributed by atoms with Gasteiger partial charge >= 0.3 is 0 Å². The SMILES string of the molecule is COc1ccccc1N(C[C@H]1CO1)S(=O)(=O)c1ccc(C)cc1. The van der Waals surface area contributed by atoms with Crippen molar-refractivity contribution in [3.05, 3.63) is 54.1 Å². The van der Waals surface area contributed by atoms with E-state index in [0.717, 1.165) is 5.56 Å². The van der Waals surface area contributed by atoms with Crippen LogP contribution in [-0.2, 0) is 14.8 Å². The first-order chi connectivity index (χ1) is 11.0. The number of hydrogen-bond donors (Lipinski definition) is 0. The Balaban J connectivity index is 2.06. The maximum absolute atomic E-state index is 13.1. The Kier molecular flexibility index (Phi) is 4.28. The predicted molar refractivity (Wildman–Crippen MR) is 88.4 cm³/mol. The molecule has 2 aromatic rings. The maximum Gasteiger partial charge on any atom is 0.264 e. The normalized spacial score (nSPS) is 16.9. The lowest BCUT2D eigenvalue weighted by Gasteiger charge is -2.25. The summed E-state index contributed by atoms with van der Waals surface area (Å²) in [5.74, 6) is 0.517. The van der Waals surface area contributed by atoms with Gasteiger partial charge in [0.15, 0.2) is 0 Å².